The topological polar surface area (TPSA) is 53.4 Å². The minimum Gasteiger partial charge on any atom is -0.477 e. The van der Waals surface area contributed by atoms with Crippen molar-refractivity contribution in [2.45, 2.75) is 59.2 Å². The van der Waals surface area contributed by atoms with Crippen LogP contribution in [-0.4, -0.2) is 34.3 Å². The van der Waals surface area contributed by atoms with Gasteiger partial charge in [0, 0.05) is 12.3 Å². The van der Waals surface area contributed by atoms with E-state index >= 15 is 0 Å². The Labute approximate surface area is 133 Å². The molecule has 0 saturated carbocycles. The van der Waals surface area contributed by atoms with Gasteiger partial charge in [-0.2, -0.15) is 17.9 Å². The van der Waals surface area contributed by atoms with E-state index in [1.54, 1.807) is 20.8 Å². The molecule has 0 aromatic carbocycles. The number of carbonyl (C=O) groups is 1. The van der Waals surface area contributed by atoms with Crippen molar-refractivity contribution in [3.63, 3.8) is 0 Å². The molecule has 0 saturated heterocycles. The minimum atomic E-state index is -4.29. The molecule has 1 aromatic heterocycles. The molecule has 1 aromatic rings. The van der Waals surface area contributed by atoms with Crippen LogP contribution in [0.2, 0.25) is 0 Å². The molecule has 0 aliphatic rings. The van der Waals surface area contributed by atoms with Crippen molar-refractivity contribution in [3.8, 4) is 5.88 Å². The van der Waals surface area contributed by atoms with Crippen molar-refractivity contribution in [1.82, 2.24) is 9.78 Å². The molecule has 8 heteroatoms. The summed E-state index contributed by atoms with van der Waals surface area (Å²) in [5.74, 6) is 0.0801. The van der Waals surface area contributed by atoms with E-state index in [-0.39, 0.29) is 25.3 Å². The molecule has 0 aliphatic carbocycles. The van der Waals surface area contributed by atoms with E-state index in [9.17, 15) is 18.0 Å². The first-order valence-electron chi connectivity index (χ1n) is 7.36. The maximum absolute atomic E-state index is 13.0. The monoisotopic (exact) mass is 336 g/mol. The number of hydrogen-bond donors (Lipinski definition) is 0. The lowest BCUT2D eigenvalue weighted by molar-refractivity contribution is -0.223. The number of aromatic nitrogens is 2. The third-order valence-electron chi connectivity index (χ3n) is 3.51. The lowest BCUT2D eigenvalue weighted by Gasteiger charge is -2.30. The number of ether oxygens (including phenoxy) is 2. The second kappa shape index (κ2) is 6.80. The summed E-state index contributed by atoms with van der Waals surface area (Å²) < 4.78 is 50.2. The summed E-state index contributed by atoms with van der Waals surface area (Å²) in [6.45, 7) is 7.66. The average Bonchev–Trinajstić information content (AvgIpc) is 2.84. The lowest BCUT2D eigenvalue weighted by Crippen LogP contribution is -2.36. The van der Waals surface area contributed by atoms with E-state index in [1.807, 2.05) is 0 Å². The highest BCUT2D eigenvalue weighted by Crippen LogP contribution is 2.43. The van der Waals surface area contributed by atoms with Gasteiger partial charge in [-0.3, -0.25) is 0 Å². The Kier molecular flexibility index (Phi) is 5.71. The van der Waals surface area contributed by atoms with E-state index in [1.165, 1.54) is 19.2 Å². The number of halogens is 3. The third-order valence-corrected chi connectivity index (χ3v) is 3.51. The maximum Gasteiger partial charge on any atom is 0.435 e. The quantitative estimate of drug-likeness (QED) is 0.799. The van der Waals surface area contributed by atoms with Crippen LogP contribution in [0.3, 0.4) is 0 Å². The van der Waals surface area contributed by atoms with E-state index < -0.39 is 23.3 Å². The summed E-state index contributed by atoms with van der Waals surface area (Å²) in [6, 6.07) is 1.40. The molecular weight excluding hydrogens is 313 g/mol. The van der Waals surface area contributed by atoms with Gasteiger partial charge in [-0.05, 0) is 33.6 Å². The zero-order chi connectivity index (χ0) is 17.9. The minimum absolute atomic E-state index is 0.0355. The Morgan fingerprint density at radius 2 is 1.87 bits per heavy atom. The van der Waals surface area contributed by atoms with Crippen LogP contribution in [-0.2, 0) is 4.74 Å². The van der Waals surface area contributed by atoms with Gasteiger partial charge in [-0.15, -0.1) is 5.10 Å². The van der Waals surface area contributed by atoms with E-state index in [4.69, 9.17) is 9.47 Å². The smallest absolute Gasteiger partial charge is 0.435 e. The molecule has 1 atom stereocenters. The SMILES string of the molecule is CCC(C)(CCOc1ccn(C(=O)OC(C)(C)C)n1)C(F)(F)F. The molecular formula is C15H23F3N2O3. The van der Waals surface area contributed by atoms with Gasteiger partial charge < -0.3 is 9.47 Å². The van der Waals surface area contributed by atoms with Gasteiger partial charge in [-0.1, -0.05) is 13.8 Å². The molecule has 0 N–H and O–H groups in total. The normalized spacial score (nSPS) is 15.1. The van der Waals surface area contributed by atoms with Crippen molar-refractivity contribution < 1.29 is 27.4 Å². The molecule has 0 bridgehead atoms. The Bertz CT molecular complexity index is 535. The molecule has 132 valence electrons. The Balaban J connectivity index is 2.59. The zero-order valence-electron chi connectivity index (χ0n) is 14.0. The van der Waals surface area contributed by atoms with Crippen molar-refractivity contribution in [2.24, 2.45) is 5.41 Å². The Morgan fingerprint density at radius 3 is 2.35 bits per heavy atom. The first kappa shape index (κ1) is 19.3. The molecule has 23 heavy (non-hydrogen) atoms. The second-order valence-electron chi connectivity index (χ2n) is 6.59. The molecule has 1 heterocycles. The van der Waals surface area contributed by atoms with Gasteiger partial charge in [0.25, 0.3) is 0 Å². The van der Waals surface area contributed by atoms with Gasteiger partial charge >= 0.3 is 12.3 Å². The summed E-state index contributed by atoms with van der Waals surface area (Å²) >= 11 is 0. The Morgan fingerprint density at radius 1 is 1.26 bits per heavy atom. The molecule has 5 nitrogen and oxygen atoms in total. The number of carbonyl (C=O) groups excluding carboxylic acids is 1. The summed E-state index contributed by atoms with van der Waals surface area (Å²) in [5, 5.41) is 3.84. The van der Waals surface area contributed by atoms with Crippen LogP contribution in [0.4, 0.5) is 18.0 Å². The molecule has 0 radical (unpaired) electrons. The van der Waals surface area contributed by atoms with Crippen molar-refractivity contribution in [1.29, 1.82) is 0 Å². The molecule has 1 rings (SSSR count). The van der Waals surface area contributed by atoms with Crippen LogP contribution >= 0.6 is 0 Å². The summed E-state index contributed by atoms with van der Waals surface area (Å²) in [7, 11) is 0. The highest BCUT2D eigenvalue weighted by molar-refractivity contribution is 5.69. The standard InChI is InChI=1S/C15H23F3N2O3/c1-6-14(5,15(16,17)18)8-10-22-11-7-9-20(19-11)12(21)23-13(2,3)4/h7,9H,6,8,10H2,1-5H3. The van der Waals surface area contributed by atoms with Crippen LogP contribution in [0, 0.1) is 5.41 Å². The van der Waals surface area contributed by atoms with Crippen LogP contribution in [0.15, 0.2) is 12.3 Å². The van der Waals surface area contributed by atoms with Gasteiger partial charge in [0.15, 0.2) is 0 Å². The van der Waals surface area contributed by atoms with E-state index in [2.05, 4.69) is 5.10 Å². The predicted molar refractivity (Wildman–Crippen MR) is 78.4 cm³/mol. The summed E-state index contributed by atoms with van der Waals surface area (Å²) in [4.78, 5) is 11.8. The zero-order valence-corrected chi connectivity index (χ0v) is 14.0. The number of alkyl halides is 3. The fourth-order valence-corrected chi connectivity index (χ4v) is 1.69. The van der Waals surface area contributed by atoms with Gasteiger partial charge in [0.05, 0.1) is 12.0 Å². The van der Waals surface area contributed by atoms with Gasteiger partial charge in [-0.25, -0.2) is 4.79 Å². The maximum atomic E-state index is 13.0. The molecule has 0 fully saturated rings. The van der Waals surface area contributed by atoms with Crippen LogP contribution in [0.5, 0.6) is 5.88 Å². The highest BCUT2D eigenvalue weighted by atomic mass is 19.4. The molecule has 1 unspecified atom stereocenters. The van der Waals surface area contributed by atoms with Crippen molar-refractivity contribution in [3.05, 3.63) is 12.3 Å². The van der Waals surface area contributed by atoms with Crippen LogP contribution in [0.25, 0.3) is 0 Å². The summed E-state index contributed by atoms with van der Waals surface area (Å²) in [5.41, 5.74) is -2.47. The largest absolute Gasteiger partial charge is 0.477 e. The summed E-state index contributed by atoms with van der Waals surface area (Å²) in [6.07, 6.45) is -3.85. The molecule has 0 spiro atoms. The van der Waals surface area contributed by atoms with Crippen molar-refractivity contribution in [2.75, 3.05) is 6.61 Å². The first-order chi connectivity index (χ1) is 10.4. The Hall–Kier alpha value is -1.73. The van der Waals surface area contributed by atoms with E-state index in [0.717, 1.165) is 11.6 Å². The predicted octanol–water partition coefficient (Wildman–Crippen LogP) is 4.41. The number of hydrogen-bond acceptors (Lipinski definition) is 4. The van der Waals surface area contributed by atoms with E-state index in [0.29, 0.717) is 0 Å². The fourth-order valence-electron chi connectivity index (χ4n) is 1.69. The highest BCUT2D eigenvalue weighted by Gasteiger charge is 2.49. The molecule has 0 aliphatic heterocycles. The second-order valence-corrected chi connectivity index (χ2v) is 6.59. The number of rotatable bonds is 5. The molecule has 0 amide bonds. The number of nitrogens with zero attached hydrogens (tertiary/aromatic N) is 2. The van der Waals surface area contributed by atoms with Crippen molar-refractivity contribution >= 4 is 6.09 Å². The third kappa shape index (κ3) is 5.44. The van der Waals surface area contributed by atoms with Gasteiger partial charge in [0.1, 0.15) is 5.60 Å². The average molecular weight is 336 g/mol. The fraction of sp³-hybridized carbons (Fsp3) is 0.733. The van der Waals surface area contributed by atoms with Crippen LogP contribution in [0.1, 0.15) is 47.5 Å². The first-order valence-corrected chi connectivity index (χ1v) is 7.36. The van der Waals surface area contributed by atoms with Crippen LogP contribution < -0.4 is 4.74 Å². The lowest BCUT2D eigenvalue weighted by atomic mass is 9.83. The van der Waals surface area contributed by atoms with Gasteiger partial charge in [0.2, 0.25) is 5.88 Å².